The summed E-state index contributed by atoms with van der Waals surface area (Å²) in [5, 5.41) is 0. The van der Waals surface area contributed by atoms with Crippen LogP contribution in [0, 0.1) is 19.8 Å². The number of aromatic amines is 1. The standard InChI is InChI=1S/C14H21N3O2/c1-8-12(10(3)18)9(2)16-13(8)14(19)17-5-4-11(6-15)7-17/h11,16H,4-7,15H2,1-3H3. The topological polar surface area (TPSA) is 79.2 Å². The number of amides is 1. The van der Waals surface area contributed by atoms with E-state index < -0.39 is 0 Å². The van der Waals surface area contributed by atoms with Crippen molar-refractivity contribution in [1.29, 1.82) is 0 Å². The highest BCUT2D eigenvalue weighted by molar-refractivity contribution is 6.02. The Hall–Kier alpha value is -1.62. The quantitative estimate of drug-likeness (QED) is 0.806. The van der Waals surface area contributed by atoms with Crippen LogP contribution in [-0.4, -0.2) is 41.2 Å². The molecule has 0 spiro atoms. The lowest BCUT2D eigenvalue weighted by atomic mass is 10.1. The maximum absolute atomic E-state index is 12.5. The number of carbonyl (C=O) groups is 2. The fourth-order valence-electron chi connectivity index (χ4n) is 2.86. The van der Waals surface area contributed by atoms with Crippen LogP contribution in [0.2, 0.25) is 0 Å². The molecular weight excluding hydrogens is 242 g/mol. The lowest BCUT2D eigenvalue weighted by Gasteiger charge is -2.16. The van der Waals surface area contributed by atoms with Gasteiger partial charge in [-0.15, -0.1) is 0 Å². The summed E-state index contributed by atoms with van der Waals surface area (Å²) in [7, 11) is 0. The molecule has 1 atom stereocenters. The van der Waals surface area contributed by atoms with E-state index in [1.165, 1.54) is 6.92 Å². The van der Waals surface area contributed by atoms with E-state index in [9.17, 15) is 9.59 Å². The molecule has 1 saturated heterocycles. The van der Waals surface area contributed by atoms with Crippen molar-refractivity contribution >= 4 is 11.7 Å². The van der Waals surface area contributed by atoms with Crippen LogP contribution < -0.4 is 5.73 Å². The van der Waals surface area contributed by atoms with Crippen LogP contribution in [0.5, 0.6) is 0 Å². The van der Waals surface area contributed by atoms with E-state index in [4.69, 9.17) is 5.73 Å². The first-order chi connectivity index (χ1) is 8.95. The molecule has 0 saturated carbocycles. The number of H-pyrrole nitrogens is 1. The molecule has 1 amide bonds. The normalized spacial score (nSPS) is 18.9. The number of likely N-dealkylation sites (tertiary alicyclic amines) is 1. The van der Waals surface area contributed by atoms with Crippen molar-refractivity contribution in [3.63, 3.8) is 0 Å². The van der Waals surface area contributed by atoms with Crippen molar-refractivity contribution < 1.29 is 9.59 Å². The van der Waals surface area contributed by atoms with Gasteiger partial charge in [0.25, 0.3) is 5.91 Å². The molecule has 0 aliphatic carbocycles. The van der Waals surface area contributed by atoms with E-state index in [2.05, 4.69) is 4.98 Å². The predicted molar refractivity (Wildman–Crippen MR) is 73.3 cm³/mol. The highest BCUT2D eigenvalue weighted by Gasteiger charge is 2.29. The molecule has 19 heavy (non-hydrogen) atoms. The van der Waals surface area contributed by atoms with Crippen molar-refractivity contribution in [3.8, 4) is 0 Å². The molecule has 1 aliphatic heterocycles. The van der Waals surface area contributed by atoms with E-state index in [0.717, 1.165) is 24.2 Å². The summed E-state index contributed by atoms with van der Waals surface area (Å²) in [5.41, 5.74) is 8.34. The van der Waals surface area contributed by atoms with Crippen LogP contribution in [0.1, 0.15) is 45.4 Å². The van der Waals surface area contributed by atoms with Crippen molar-refractivity contribution in [1.82, 2.24) is 9.88 Å². The fraction of sp³-hybridized carbons (Fsp3) is 0.571. The first-order valence-electron chi connectivity index (χ1n) is 6.65. The van der Waals surface area contributed by atoms with Crippen molar-refractivity contribution in [2.45, 2.75) is 27.2 Å². The average molecular weight is 263 g/mol. The summed E-state index contributed by atoms with van der Waals surface area (Å²) < 4.78 is 0. The first-order valence-corrected chi connectivity index (χ1v) is 6.65. The lowest BCUT2D eigenvalue weighted by molar-refractivity contribution is 0.0781. The van der Waals surface area contributed by atoms with Crippen molar-refractivity contribution in [2.75, 3.05) is 19.6 Å². The second-order valence-electron chi connectivity index (χ2n) is 5.32. The van der Waals surface area contributed by atoms with Gasteiger partial charge in [0.1, 0.15) is 5.69 Å². The third kappa shape index (κ3) is 2.42. The molecular formula is C14H21N3O2. The van der Waals surface area contributed by atoms with Gasteiger partial charge in [-0.05, 0) is 45.2 Å². The van der Waals surface area contributed by atoms with Gasteiger partial charge in [0, 0.05) is 24.3 Å². The largest absolute Gasteiger partial charge is 0.354 e. The van der Waals surface area contributed by atoms with Gasteiger partial charge in [0.15, 0.2) is 5.78 Å². The number of hydrogen-bond acceptors (Lipinski definition) is 3. The van der Waals surface area contributed by atoms with Gasteiger partial charge in [0.2, 0.25) is 0 Å². The number of aromatic nitrogens is 1. The third-order valence-corrected chi connectivity index (χ3v) is 3.91. The molecule has 0 radical (unpaired) electrons. The van der Waals surface area contributed by atoms with Gasteiger partial charge in [-0.1, -0.05) is 0 Å². The number of nitrogens with two attached hydrogens (primary N) is 1. The number of Topliss-reactive ketones (excluding diaryl/α,β-unsaturated/α-hetero) is 1. The van der Waals surface area contributed by atoms with Crippen LogP contribution in [0.3, 0.4) is 0 Å². The second-order valence-corrected chi connectivity index (χ2v) is 5.32. The Balaban J connectivity index is 2.26. The van der Waals surface area contributed by atoms with E-state index in [1.807, 2.05) is 18.7 Å². The van der Waals surface area contributed by atoms with Gasteiger partial charge in [0.05, 0.1) is 0 Å². The van der Waals surface area contributed by atoms with E-state index in [0.29, 0.717) is 30.3 Å². The number of aryl methyl sites for hydroxylation is 1. The fourth-order valence-corrected chi connectivity index (χ4v) is 2.86. The van der Waals surface area contributed by atoms with Gasteiger partial charge in [-0.3, -0.25) is 9.59 Å². The maximum Gasteiger partial charge on any atom is 0.270 e. The Morgan fingerprint density at radius 3 is 2.58 bits per heavy atom. The van der Waals surface area contributed by atoms with Gasteiger partial charge >= 0.3 is 0 Å². The van der Waals surface area contributed by atoms with E-state index in [-0.39, 0.29) is 11.7 Å². The molecule has 5 nitrogen and oxygen atoms in total. The van der Waals surface area contributed by atoms with Crippen LogP contribution in [0.25, 0.3) is 0 Å². The summed E-state index contributed by atoms with van der Waals surface area (Å²) in [5.74, 6) is 0.364. The molecule has 1 aromatic rings. The molecule has 0 bridgehead atoms. The summed E-state index contributed by atoms with van der Waals surface area (Å²) in [6.45, 7) is 7.25. The molecule has 2 heterocycles. The molecule has 1 unspecified atom stereocenters. The van der Waals surface area contributed by atoms with Gasteiger partial charge in [-0.25, -0.2) is 0 Å². The monoisotopic (exact) mass is 263 g/mol. The summed E-state index contributed by atoms with van der Waals surface area (Å²) in [4.78, 5) is 28.9. The van der Waals surface area contributed by atoms with E-state index in [1.54, 1.807) is 0 Å². The Kier molecular flexibility index (Phi) is 3.75. The molecule has 5 heteroatoms. The molecule has 2 rings (SSSR count). The zero-order valence-corrected chi connectivity index (χ0v) is 11.7. The molecule has 0 aromatic carbocycles. The maximum atomic E-state index is 12.5. The Morgan fingerprint density at radius 1 is 1.42 bits per heavy atom. The molecule has 104 valence electrons. The Labute approximate surface area is 113 Å². The number of nitrogens with one attached hydrogen (secondary N) is 1. The zero-order valence-electron chi connectivity index (χ0n) is 11.7. The molecule has 1 fully saturated rings. The molecule has 1 aromatic heterocycles. The minimum absolute atomic E-state index is 0.00782. The highest BCUT2D eigenvalue weighted by atomic mass is 16.2. The summed E-state index contributed by atoms with van der Waals surface area (Å²) >= 11 is 0. The number of hydrogen-bond donors (Lipinski definition) is 2. The predicted octanol–water partition coefficient (Wildman–Crippen LogP) is 1.25. The van der Waals surface area contributed by atoms with Crippen molar-refractivity contribution in [3.05, 3.63) is 22.5 Å². The third-order valence-electron chi connectivity index (χ3n) is 3.91. The number of rotatable bonds is 3. The Morgan fingerprint density at radius 2 is 2.11 bits per heavy atom. The highest BCUT2D eigenvalue weighted by Crippen LogP contribution is 2.23. The van der Waals surface area contributed by atoms with E-state index >= 15 is 0 Å². The second kappa shape index (κ2) is 5.17. The minimum atomic E-state index is -0.0240. The molecule has 3 N–H and O–H groups in total. The number of nitrogens with zero attached hydrogens (tertiary/aromatic N) is 1. The average Bonchev–Trinajstić information content (AvgIpc) is 2.93. The minimum Gasteiger partial charge on any atom is -0.354 e. The zero-order chi connectivity index (χ0) is 14.2. The summed E-state index contributed by atoms with van der Waals surface area (Å²) in [6, 6.07) is 0. The summed E-state index contributed by atoms with van der Waals surface area (Å²) in [6.07, 6.45) is 0.959. The molecule has 1 aliphatic rings. The SMILES string of the molecule is CC(=O)c1c(C)[nH]c(C(=O)N2CCC(CN)C2)c1C. The van der Waals surface area contributed by atoms with Crippen LogP contribution >= 0.6 is 0 Å². The Bertz CT molecular complexity index is 519. The van der Waals surface area contributed by atoms with Crippen molar-refractivity contribution in [2.24, 2.45) is 11.7 Å². The lowest BCUT2D eigenvalue weighted by Crippen LogP contribution is -2.30. The first kappa shape index (κ1) is 13.8. The van der Waals surface area contributed by atoms with Gasteiger partial charge < -0.3 is 15.6 Å². The van der Waals surface area contributed by atoms with Crippen LogP contribution in [-0.2, 0) is 0 Å². The van der Waals surface area contributed by atoms with Crippen LogP contribution in [0.4, 0.5) is 0 Å². The smallest absolute Gasteiger partial charge is 0.270 e. The van der Waals surface area contributed by atoms with Gasteiger partial charge in [-0.2, -0.15) is 0 Å². The van der Waals surface area contributed by atoms with Crippen LogP contribution in [0.15, 0.2) is 0 Å². The number of ketones is 1. The number of carbonyl (C=O) groups excluding carboxylic acids is 2.